The van der Waals surface area contributed by atoms with Crippen LogP contribution in [0.1, 0.15) is 24.2 Å². The third-order valence-electron chi connectivity index (χ3n) is 3.71. The Labute approximate surface area is 147 Å². The third kappa shape index (κ3) is 5.10. The maximum absolute atomic E-state index is 11.8. The molecule has 2 heterocycles. The molecule has 8 nitrogen and oxygen atoms in total. The van der Waals surface area contributed by atoms with Gasteiger partial charge in [0.1, 0.15) is 23.3 Å². The van der Waals surface area contributed by atoms with E-state index in [1.54, 1.807) is 19.2 Å². The average Bonchev–Trinajstić information content (AvgIpc) is 3.36. The summed E-state index contributed by atoms with van der Waals surface area (Å²) in [4.78, 5) is 12.9. The minimum Gasteiger partial charge on any atom is -0.369 e. The second-order valence-electron chi connectivity index (χ2n) is 6.09. The molecule has 0 unspecified atom stereocenters. The molecule has 2 aromatic heterocycles. The van der Waals surface area contributed by atoms with Crippen LogP contribution < -0.4 is 15.4 Å². The van der Waals surface area contributed by atoms with Gasteiger partial charge in [0.15, 0.2) is 0 Å². The standard InChI is InChI=1S/C16H22N6O2S/c1-11-5-6-17-14(9-11)22-16-10-15(20-12(2)21-16)18-7-8-19-25(23,24)13-3-4-13/h5-6,9-10,13,19H,3-4,7-8H2,1-2H3,(H2,17,18,20,21,22). The highest BCUT2D eigenvalue weighted by Crippen LogP contribution is 2.27. The first kappa shape index (κ1) is 17.6. The summed E-state index contributed by atoms with van der Waals surface area (Å²) in [6, 6.07) is 5.62. The summed E-state index contributed by atoms with van der Waals surface area (Å²) in [7, 11) is -3.15. The molecule has 0 radical (unpaired) electrons. The van der Waals surface area contributed by atoms with Crippen LogP contribution in [0.15, 0.2) is 24.4 Å². The number of rotatable bonds is 8. The van der Waals surface area contributed by atoms with E-state index in [1.807, 2.05) is 19.1 Å². The fourth-order valence-electron chi connectivity index (χ4n) is 2.34. The molecule has 25 heavy (non-hydrogen) atoms. The maximum Gasteiger partial charge on any atom is 0.214 e. The molecule has 0 saturated heterocycles. The van der Waals surface area contributed by atoms with Crippen LogP contribution in [0, 0.1) is 13.8 Å². The molecule has 1 fully saturated rings. The van der Waals surface area contributed by atoms with Gasteiger partial charge in [-0.3, -0.25) is 0 Å². The summed E-state index contributed by atoms with van der Waals surface area (Å²) in [5.41, 5.74) is 1.10. The van der Waals surface area contributed by atoms with Crippen LogP contribution >= 0.6 is 0 Å². The predicted molar refractivity (Wildman–Crippen MR) is 97.5 cm³/mol. The van der Waals surface area contributed by atoms with Crippen LogP contribution in [0.4, 0.5) is 17.5 Å². The number of anilines is 3. The Kier molecular flexibility index (Phi) is 5.14. The van der Waals surface area contributed by atoms with Crippen molar-refractivity contribution in [3.05, 3.63) is 35.8 Å². The predicted octanol–water partition coefficient (Wildman–Crippen LogP) is 1.73. The van der Waals surface area contributed by atoms with Gasteiger partial charge >= 0.3 is 0 Å². The van der Waals surface area contributed by atoms with Gasteiger partial charge in [-0.2, -0.15) is 0 Å². The SMILES string of the molecule is Cc1ccnc(Nc2cc(NCCNS(=O)(=O)C3CC3)nc(C)n2)c1. The van der Waals surface area contributed by atoms with Gasteiger partial charge in [-0.05, 0) is 44.4 Å². The lowest BCUT2D eigenvalue weighted by molar-refractivity contribution is 0.581. The molecule has 1 aliphatic carbocycles. The second kappa shape index (κ2) is 7.32. The zero-order valence-electron chi connectivity index (χ0n) is 14.3. The molecule has 3 N–H and O–H groups in total. The summed E-state index contributed by atoms with van der Waals surface area (Å²) in [6.07, 6.45) is 3.25. The van der Waals surface area contributed by atoms with Crippen LogP contribution in [0.2, 0.25) is 0 Å². The van der Waals surface area contributed by atoms with Crippen molar-refractivity contribution in [3.63, 3.8) is 0 Å². The number of hydrogen-bond donors (Lipinski definition) is 3. The maximum atomic E-state index is 11.8. The van der Waals surface area contributed by atoms with Gasteiger partial charge in [-0.15, -0.1) is 0 Å². The van der Waals surface area contributed by atoms with Crippen molar-refractivity contribution in [2.24, 2.45) is 0 Å². The van der Waals surface area contributed by atoms with E-state index in [0.29, 0.717) is 36.4 Å². The van der Waals surface area contributed by atoms with E-state index in [0.717, 1.165) is 18.4 Å². The first-order valence-corrected chi connectivity index (χ1v) is 9.75. The van der Waals surface area contributed by atoms with Crippen molar-refractivity contribution in [1.29, 1.82) is 0 Å². The highest BCUT2D eigenvalue weighted by atomic mass is 32.2. The summed E-state index contributed by atoms with van der Waals surface area (Å²) < 4.78 is 26.1. The zero-order chi connectivity index (χ0) is 17.9. The highest BCUT2D eigenvalue weighted by molar-refractivity contribution is 7.90. The van der Waals surface area contributed by atoms with Crippen molar-refractivity contribution in [2.45, 2.75) is 31.9 Å². The lowest BCUT2D eigenvalue weighted by Gasteiger charge is -2.10. The van der Waals surface area contributed by atoms with Gasteiger partial charge in [0.25, 0.3) is 0 Å². The van der Waals surface area contributed by atoms with Gasteiger partial charge in [0, 0.05) is 25.4 Å². The molecule has 3 rings (SSSR count). The summed E-state index contributed by atoms with van der Waals surface area (Å²) in [6.45, 7) is 4.57. The minimum atomic E-state index is -3.15. The summed E-state index contributed by atoms with van der Waals surface area (Å²) in [5, 5.41) is 6.06. The Balaban J connectivity index is 1.57. The average molecular weight is 362 g/mol. The first-order chi connectivity index (χ1) is 11.9. The Morgan fingerprint density at radius 1 is 1.08 bits per heavy atom. The molecule has 2 aromatic rings. The monoisotopic (exact) mass is 362 g/mol. The van der Waals surface area contributed by atoms with E-state index in [-0.39, 0.29) is 5.25 Å². The molecular formula is C16H22N6O2S. The summed E-state index contributed by atoms with van der Waals surface area (Å²) >= 11 is 0. The lowest BCUT2D eigenvalue weighted by Crippen LogP contribution is -2.31. The van der Waals surface area contributed by atoms with Crippen molar-refractivity contribution in [3.8, 4) is 0 Å². The van der Waals surface area contributed by atoms with Crippen LogP contribution in [0.3, 0.4) is 0 Å². The van der Waals surface area contributed by atoms with Crippen molar-refractivity contribution < 1.29 is 8.42 Å². The second-order valence-corrected chi connectivity index (χ2v) is 8.14. The largest absolute Gasteiger partial charge is 0.369 e. The van der Waals surface area contributed by atoms with Gasteiger partial charge in [-0.25, -0.2) is 28.1 Å². The zero-order valence-corrected chi connectivity index (χ0v) is 15.1. The van der Waals surface area contributed by atoms with E-state index in [9.17, 15) is 8.42 Å². The Hall–Kier alpha value is -2.26. The molecule has 0 amide bonds. The molecular weight excluding hydrogens is 340 g/mol. The van der Waals surface area contributed by atoms with E-state index < -0.39 is 10.0 Å². The van der Waals surface area contributed by atoms with E-state index in [4.69, 9.17) is 0 Å². The number of aromatic nitrogens is 3. The Bertz CT molecular complexity index is 851. The molecule has 134 valence electrons. The molecule has 1 aliphatic rings. The van der Waals surface area contributed by atoms with Crippen molar-refractivity contribution >= 4 is 27.5 Å². The van der Waals surface area contributed by atoms with Crippen molar-refractivity contribution in [2.75, 3.05) is 23.7 Å². The van der Waals surface area contributed by atoms with Crippen LogP contribution in [0.5, 0.6) is 0 Å². The topological polar surface area (TPSA) is 109 Å². The molecule has 0 spiro atoms. The van der Waals surface area contributed by atoms with Crippen LogP contribution in [-0.4, -0.2) is 41.7 Å². The molecule has 1 saturated carbocycles. The number of hydrogen-bond acceptors (Lipinski definition) is 7. The number of nitrogens with one attached hydrogen (secondary N) is 3. The number of sulfonamides is 1. The summed E-state index contributed by atoms with van der Waals surface area (Å²) in [5.74, 6) is 2.58. The van der Waals surface area contributed by atoms with Crippen LogP contribution in [0.25, 0.3) is 0 Å². The Morgan fingerprint density at radius 3 is 2.56 bits per heavy atom. The number of aryl methyl sites for hydroxylation is 2. The van der Waals surface area contributed by atoms with E-state index in [1.165, 1.54) is 0 Å². The fourth-order valence-corrected chi connectivity index (χ4v) is 3.72. The van der Waals surface area contributed by atoms with Gasteiger partial charge in [0.05, 0.1) is 5.25 Å². The van der Waals surface area contributed by atoms with Gasteiger partial charge in [0.2, 0.25) is 10.0 Å². The van der Waals surface area contributed by atoms with Gasteiger partial charge < -0.3 is 10.6 Å². The third-order valence-corrected chi connectivity index (χ3v) is 5.66. The van der Waals surface area contributed by atoms with Crippen LogP contribution in [-0.2, 0) is 10.0 Å². The first-order valence-electron chi connectivity index (χ1n) is 8.20. The molecule has 0 bridgehead atoms. The smallest absolute Gasteiger partial charge is 0.214 e. The van der Waals surface area contributed by atoms with Crippen molar-refractivity contribution in [1.82, 2.24) is 19.7 Å². The fraction of sp³-hybridized carbons (Fsp3) is 0.438. The molecule has 9 heteroatoms. The molecule has 0 aliphatic heterocycles. The normalized spacial score (nSPS) is 14.3. The number of pyridine rings is 1. The van der Waals surface area contributed by atoms with Gasteiger partial charge in [-0.1, -0.05) is 0 Å². The number of nitrogens with zero attached hydrogens (tertiary/aromatic N) is 3. The molecule has 0 atom stereocenters. The lowest BCUT2D eigenvalue weighted by atomic mass is 10.3. The highest BCUT2D eigenvalue weighted by Gasteiger charge is 2.35. The molecule has 0 aromatic carbocycles. The van der Waals surface area contributed by atoms with E-state index in [2.05, 4.69) is 30.3 Å². The quantitative estimate of drug-likeness (QED) is 0.614. The minimum absolute atomic E-state index is 0.202. The Morgan fingerprint density at radius 2 is 1.84 bits per heavy atom. The van der Waals surface area contributed by atoms with E-state index >= 15 is 0 Å².